The number of hydrogen-bond donors (Lipinski definition) is 1. The molecule has 3 heterocycles. The number of rotatable bonds is 4. The zero-order valence-electron chi connectivity index (χ0n) is 15.4. The zero-order valence-corrected chi connectivity index (χ0v) is 16.9. The van der Waals surface area contributed by atoms with E-state index < -0.39 is 12.1 Å². The lowest BCUT2D eigenvalue weighted by atomic mass is 9.90. The fourth-order valence-corrected chi connectivity index (χ4v) is 4.72. The maximum absolute atomic E-state index is 11.5. The largest absolute Gasteiger partial charge is 0.547 e. The Morgan fingerprint density at radius 1 is 1.50 bits per heavy atom. The summed E-state index contributed by atoms with van der Waals surface area (Å²) in [4.78, 5) is 12.3. The van der Waals surface area contributed by atoms with Crippen molar-refractivity contribution >= 4 is 28.9 Å². The summed E-state index contributed by atoms with van der Waals surface area (Å²) in [5.74, 6) is -0.898. The second-order valence-corrected chi connectivity index (χ2v) is 8.08. The van der Waals surface area contributed by atoms with Gasteiger partial charge in [-0.05, 0) is 54.0 Å². The molecule has 0 bridgehead atoms. The van der Waals surface area contributed by atoms with Crippen LogP contribution in [-0.2, 0) is 18.3 Å². The molecule has 0 spiro atoms. The average Bonchev–Trinajstić information content (AvgIpc) is 3.31. The smallest absolute Gasteiger partial charge is 0.141 e. The Kier molecular flexibility index (Phi) is 4.91. The van der Waals surface area contributed by atoms with Gasteiger partial charge in [0.2, 0.25) is 0 Å². The third-order valence-corrected chi connectivity index (χ3v) is 6.19. The number of carbonyl (C=O) groups excluding carboxylic acids is 1. The summed E-state index contributed by atoms with van der Waals surface area (Å²) in [5.41, 5.74) is 4.00. The predicted octanol–water partition coefficient (Wildman–Crippen LogP) is 2.89. The van der Waals surface area contributed by atoms with Gasteiger partial charge in [0.1, 0.15) is 17.5 Å². The van der Waals surface area contributed by atoms with Gasteiger partial charge in [0.25, 0.3) is 0 Å². The molecule has 1 aliphatic rings. The molecule has 2 aromatic heterocycles. The van der Waals surface area contributed by atoms with Crippen LogP contribution in [0, 0.1) is 6.92 Å². The van der Waals surface area contributed by atoms with Crippen molar-refractivity contribution in [1.82, 2.24) is 9.78 Å². The average molecular weight is 418 g/mol. The molecule has 1 aliphatic heterocycles. The van der Waals surface area contributed by atoms with Gasteiger partial charge in [-0.2, -0.15) is 5.10 Å². The van der Waals surface area contributed by atoms with Crippen molar-refractivity contribution in [2.45, 2.75) is 25.9 Å². The molecular weight excluding hydrogens is 400 g/mol. The molecule has 0 aliphatic carbocycles. The van der Waals surface area contributed by atoms with E-state index in [1.807, 2.05) is 24.4 Å². The molecule has 146 valence electrons. The molecule has 1 unspecified atom stereocenters. The maximum atomic E-state index is 11.5. The van der Waals surface area contributed by atoms with Crippen LogP contribution in [0.5, 0.6) is 5.75 Å². The SMILES string of the molecule is Cc1c(-c2c(-c3cccs3)nn(C)c2C(O)C(=O)[O-])cc(Cl)c2c1CCCO2. The summed E-state index contributed by atoms with van der Waals surface area (Å²) in [5, 5.41) is 28.7. The first-order valence-electron chi connectivity index (χ1n) is 8.85. The molecule has 0 amide bonds. The second-order valence-electron chi connectivity index (χ2n) is 6.72. The number of carbonyl (C=O) groups is 1. The lowest BCUT2D eigenvalue weighted by molar-refractivity contribution is -0.315. The number of benzene rings is 1. The number of fused-ring (bicyclic) bond motifs is 1. The van der Waals surface area contributed by atoms with Gasteiger partial charge in [-0.3, -0.25) is 4.68 Å². The number of aliphatic hydroxyl groups is 1. The Morgan fingerprint density at radius 3 is 2.96 bits per heavy atom. The van der Waals surface area contributed by atoms with Crippen molar-refractivity contribution in [3.8, 4) is 27.4 Å². The molecule has 6 nitrogen and oxygen atoms in total. The number of nitrogens with zero attached hydrogens (tertiary/aromatic N) is 2. The van der Waals surface area contributed by atoms with E-state index in [4.69, 9.17) is 16.3 Å². The number of carboxylic acid groups (broad SMARTS) is 1. The lowest BCUT2D eigenvalue weighted by Crippen LogP contribution is -2.31. The third kappa shape index (κ3) is 2.99. The Hall–Kier alpha value is -2.35. The van der Waals surface area contributed by atoms with Crippen LogP contribution >= 0.6 is 22.9 Å². The highest BCUT2D eigenvalue weighted by molar-refractivity contribution is 7.13. The van der Waals surface area contributed by atoms with E-state index in [-0.39, 0.29) is 5.69 Å². The lowest BCUT2D eigenvalue weighted by Gasteiger charge is -2.23. The zero-order chi connectivity index (χ0) is 20.0. The molecule has 0 fully saturated rings. The van der Waals surface area contributed by atoms with Crippen molar-refractivity contribution in [3.63, 3.8) is 0 Å². The summed E-state index contributed by atoms with van der Waals surface area (Å²) in [7, 11) is 1.61. The van der Waals surface area contributed by atoms with Crippen molar-refractivity contribution in [2.75, 3.05) is 6.61 Å². The summed E-state index contributed by atoms with van der Waals surface area (Å²) in [6, 6.07) is 5.57. The van der Waals surface area contributed by atoms with Crippen molar-refractivity contribution in [2.24, 2.45) is 7.05 Å². The number of aliphatic hydroxyl groups excluding tert-OH is 1. The summed E-state index contributed by atoms with van der Waals surface area (Å²) in [6.45, 7) is 2.58. The highest BCUT2D eigenvalue weighted by Crippen LogP contribution is 2.45. The number of thiophene rings is 1. The number of aryl methyl sites for hydroxylation is 1. The Balaban J connectivity index is 2.04. The molecule has 1 atom stereocenters. The summed E-state index contributed by atoms with van der Waals surface area (Å²) >= 11 is 7.99. The topological polar surface area (TPSA) is 87.4 Å². The van der Waals surface area contributed by atoms with Crippen LogP contribution in [0.4, 0.5) is 0 Å². The number of halogens is 1. The van der Waals surface area contributed by atoms with Crippen LogP contribution < -0.4 is 9.84 Å². The highest BCUT2D eigenvalue weighted by atomic mass is 35.5. The van der Waals surface area contributed by atoms with Gasteiger partial charge in [0, 0.05) is 12.6 Å². The molecular formula is C20H18ClN2O4S-. The predicted molar refractivity (Wildman–Crippen MR) is 105 cm³/mol. The van der Waals surface area contributed by atoms with E-state index in [1.54, 1.807) is 13.1 Å². The maximum Gasteiger partial charge on any atom is 0.141 e. The van der Waals surface area contributed by atoms with Gasteiger partial charge in [-0.25, -0.2) is 0 Å². The van der Waals surface area contributed by atoms with E-state index >= 15 is 0 Å². The first-order chi connectivity index (χ1) is 13.4. The fraction of sp³-hybridized carbons (Fsp3) is 0.300. The Bertz CT molecular complexity index is 1060. The van der Waals surface area contributed by atoms with Gasteiger partial charge in [0.15, 0.2) is 0 Å². The van der Waals surface area contributed by atoms with Crippen LogP contribution in [0.2, 0.25) is 5.02 Å². The molecule has 1 aromatic carbocycles. The van der Waals surface area contributed by atoms with Crippen LogP contribution in [0.15, 0.2) is 23.6 Å². The number of aromatic nitrogens is 2. The van der Waals surface area contributed by atoms with Gasteiger partial charge in [-0.15, -0.1) is 11.3 Å². The minimum atomic E-state index is -1.81. The normalized spacial score (nSPS) is 14.4. The Morgan fingerprint density at radius 2 is 2.29 bits per heavy atom. The minimum Gasteiger partial charge on any atom is -0.547 e. The molecule has 3 aromatic rings. The molecule has 28 heavy (non-hydrogen) atoms. The van der Waals surface area contributed by atoms with Gasteiger partial charge >= 0.3 is 0 Å². The summed E-state index contributed by atoms with van der Waals surface area (Å²) in [6.07, 6.45) is -0.110. The van der Waals surface area contributed by atoms with Crippen LogP contribution in [0.3, 0.4) is 0 Å². The van der Waals surface area contributed by atoms with Crippen LogP contribution in [0.1, 0.15) is 29.3 Å². The Labute approximate surface area is 171 Å². The standard InChI is InChI=1S/C20H19ClN2O4S/c1-10-11-5-3-7-27-19(11)13(21)9-12(10)15-16(14-6-4-8-28-14)22-23(2)17(15)18(24)20(25)26/h4,6,8-9,18,24H,3,5,7H2,1-2H3,(H,25,26)/p-1. The molecule has 8 heteroatoms. The van der Waals surface area contributed by atoms with Gasteiger partial charge in [-0.1, -0.05) is 17.7 Å². The monoisotopic (exact) mass is 417 g/mol. The quantitative estimate of drug-likeness (QED) is 0.705. The number of ether oxygens (including phenoxy) is 1. The van der Waals surface area contributed by atoms with Crippen LogP contribution in [0.25, 0.3) is 21.7 Å². The van der Waals surface area contributed by atoms with E-state index in [2.05, 4.69) is 5.10 Å². The molecule has 4 rings (SSSR count). The van der Waals surface area contributed by atoms with E-state index in [0.29, 0.717) is 28.6 Å². The highest BCUT2D eigenvalue weighted by Gasteiger charge is 2.29. The molecule has 0 saturated carbocycles. The molecule has 0 saturated heterocycles. The third-order valence-electron chi connectivity index (χ3n) is 5.03. The minimum absolute atomic E-state index is 0.166. The van der Waals surface area contributed by atoms with Gasteiger partial charge in [0.05, 0.1) is 28.2 Å². The van der Waals surface area contributed by atoms with Crippen molar-refractivity contribution < 1.29 is 19.7 Å². The molecule has 0 radical (unpaired) electrons. The molecule has 1 N–H and O–H groups in total. The first kappa shape index (κ1) is 19.0. The van der Waals surface area contributed by atoms with E-state index in [0.717, 1.165) is 34.4 Å². The van der Waals surface area contributed by atoms with Crippen LogP contribution in [-0.4, -0.2) is 27.5 Å². The second kappa shape index (κ2) is 7.24. The summed E-state index contributed by atoms with van der Waals surface area (Å²) < 4.78 is 7.14. The van der Waals surface area contributed by atoms with E-state index in [1.165, 1.54) is 16.0 Å². The van der Waals surface area contributed by atoms with Gasteiger partial charge < -0.3 is 19.7 Å². The fourth-order valence-electron chi connectivity index (χ4n) is 3.73. The first-order valence-corrected chi connectivity index (χ1v) is 10.1. The number of aliphatic carboxylic acids is 1. The van der Waals surface area contributed by atoms with E-state index in [9.17, 15) is 15.0 Å². The number of carboxylic acids is 1. The number of hydrogen-bond acceptors (Lipinski definition) is 6. The van der Waals surface area contributed by atoms with Crippen molar-refractivity contribution in [1.29, 1.82) is 0 Å². The van der Waals surface area contributed by atoms with Crippen molar-refractivity contribution in [3.05, 3.63) is 45.4 Å².